The van der Waals surface area contributed by atoms with Gasteiger partial charge in [0.25, 0.3) is 0 Å². The third-order valence-electron chi connectivity index (χ3n) is 3.66. The molecule has 0 aromatic carbocycles. The highest BCUT2D eigenvalue weighted by Crippen LogP contribution is 2.23. The Labute approximate surface area is 108 Å². The zero-order valence-corrected chi connectivity index (χ0v) is 12.0. The largest absolute Gasteiger partial charge is 0.304 e. The molecule has 2 rings (SSSR count). The summed E-state index contributed by atoms with van der Waals surface area (Å²) in [6.07, 6.45) is 4.35. The maximum Gasteiger partial charge on any atom is 0.109 e. The van der Waals surface area contributed by atoms with Crippen molar-refractivity contribution in [2.24, 2.45) is 0 Å². The standard InChI is InChI=1S/C13H23N3S/c1-5-12-7-14-13(17-12)10(3)15-11-6-9(2)16(4)8-11/h7,9-11,15H,5-6,8H2,1-4H3. The smallest absolute Gasteiger partial charge is 0.109 e. The van der Waals surface area contributed by atoms with E-state index < -0.39 is 0 Å². The van der Waals surface area contributed by atoms with Crippen molar-refractivity contribution in [3.8, 4) is 0 Å². The summed E-state index contributed by atoms with van der Waals surface area (Å²) in [5.41, 5.74) is 0. The van der Waals surface area contributed by atoms with Crippen LogP contribution in [0.15, 0.2) is 6.20 Å². The molecule has 3 nitrogen and oxygen atoms in total. The molecule has 0 radical (unpaired) electrons. The first-order valence-electron chi connectivity index (χ1n) is 6.51. The zero-order chi connectivity index (χ0) is 12.4. The summed E-state index contributed by atoms with van der Waals surface area (Å²) in [6.45, 7) is 7.85. The van der Waals surface area contributed by atoms with Crippen molar-refractivity contribution in [3.05, 3.63) is 16.1 Å². The summed E-state index contributed by atoms with van der Waals surface area (Å²) in [5.74, 6) is 0. The predicted molar refractivity (Wildman–Crippen MR) is 73.5 cm³/mol. The van der Waals surface area contributed by atoms with Gasteiger partial charge >= 0.3 is 0 Å². The van der Waals surface area contributed by atoms with Gasteiger partial charge in [0.05, 0.1) is 6.04 Å². The fourth-order valence-corrected chi connectivity index (χ4v) is 3.29. The molecule has 0 spiro atoms. The van der Waals surface area contributed by atoms with E-state index in [2.05, 4.69) is 43.0 Å². The summed E-state index contributed by atoms with van der Waals surface area (Å²) < 4.78 is 0. The Kier molecular flexibility index (Phi) is 4.17. The normalized spacial score (nSPS) is 27.5. The molecule has 2 heterocycles. The van der Waals surface area contributed by atoms with E-state index in [0.717, 1.165) is 13.0 Å². The highest BCUT2D eigenvalue weighted by Gasteiger charge is 2.27. The number of likely N-dealkylation sites (N-methyl/N-ethyl adjacent to an activating group) is 1. The number of likely N-dealkylation sites (tertiary alicyclic amines) is 1. The lowest BCUT2D eigenvalue weighted by atomic mass is 10.2. The lowest BCUT2D eigenvalue weighted by Crippen LogP contribution is -2.33. The van der Waals surface area contributed by atoms with Gasteiger partial charge in [-0.1, -0.05) is 6.92 Å². The maximum absolute atomic E-state index is 4.51. The Morgan fingerprint density at radius 3 is 2.94 bits per heavy atom. The van der Waals surface area contributed by atoms with Crippen LogP contribution >= 0.6 is 11.3 Å². The zero-order valence-electron chi connectivity index (χ0n) is 11.2. The number of aryl methyl sites for hydroxylation is 1. The molecule has 0 amide bonds. The summed E-state index contributed by atoms with van der Waals surface area (Å²) in [4.78, 5) is 8.31. The van der Waals surface area contributed by atoms with Crippen molar-refractivity contribution in [3.63, 3.8) is 0 Å². The second kappa shape index (κ2) is 5.46. The number of rotatable bonds is 4. The highest BCUT2D eigenvalue weighted by molar-refractivity contribution is 7.11. The fraction of sp³-hybridized carbons (Fsp3) is 0.769. The minimum absolute atomic E-state index is 0.379. The number of nitrogens with zero attached hydrogens (tertiary/aromatic N) is 2. The molecule has 3 unspecified atom stereocenters. The van der Waals surface area contributed by atoms with Crippen LogP contribution in [0, 0.1) is 0 Å². The van der Waals surface area contributed by atoms with Crippen molar-refractivity contribution in [2.75, 3.05) is 13.6 Å². The van der Waals surface area contributed by atoms with Crippen molar-refractivity contribution < 1.29 is 0 Å². The van der Waals surface area contributed by atoms with E-state index in [0.29, 0.717) is 18.1 Å². The molecule has 0 aliphatic carbocycles. The molecule has 96 valence electrons. The maximum atomic E-state index is 4.51. The van der Waals surface area contributed by atoms with Gasteiger partial charge in [-0.2, -0.15) is 0 Å². The lowest BCUT2D eigenvalue weighted by molar-refractivity contribution is 0.325. The van der Waals surface area contributed by atoms with Gasteiger partial charge in [0.15, 0.2) is 0 Å². The summed E-state index contributed by atoms with van der Waals surface area (Å²) >= 11 is 1.84. The third-order valence-corrected chi connectivity index (χ3v) is 4.99. The van der Waals surface area contributed by atoms with Crippen LogP contribution in [0.5, 0.6) is 0 Å². The Morgan fingerprint density at radius 2 is 2.41 bits per heavy atom. The van der Waals surface area contributed by atoms with Crippen LogP contribution in [0.25, 0.3) is 0 Å². The van der Waals surface area contributed by atoms with Gasteiger partial charge in [0.1, 0.15) is 5.01 Å². The van der Waals surface area contributed by atoms with E-state index in [-0.39, 0.29) is 0 Å². The number of nitrogens with one attached hydrogen (secondary N) is 1. The molecular formula is C13H23N3S. The van der Waals surface area contributed by atoms with Gasteiger partial charge in [-0.15, -0.1) is 11.3 Å². The monoisotopic (exact) mass is 253 g/mol. The first-order valence-corrected chi connectivity index (χ1v) is 7.32. The van der Waals surface area contributed by atoms with Crippen molar-refractivity contribution in [2.45, 2.75) is 51.7 Å². The number of hydrogen-bond donors (Lipinski definition) is 1. The van der Waals surface area contributed by atoms with E-state index in [4.69, 9.17) is 0 Å². The Balaban J connectivity index is 1.91. The second-order valence-corrected chi connectivity index (χ2v) is 6.27. The molecule has 17 heavy (non-hydrogen) atoms. The van der Waals surface area contributed by atoms with Crippen LogP contribution in [0.1, 0.15) is 43.1 Å². The quantitative estimate of drug-likeness (QED) is 0.893. The average molecular weight is 253 g/mol. The minimum Gasteiger partial charge on any atom is -0.304 e. The molecule has 1 N–H and O–H groups in total. The second-order valence-electron chi connectivity index (χ2n) is 5.13. The van der Waals surface area contributed by atoms with E-state index in [1.807, 2.05) is 17.5 Å². The summed E-state index contributed by atoms with van der Waals surface area (Å²) in [7, 11) is 2.20. The van der Waals surface area contributed by atoms with Gasteiger partial charge in [-0.05, 0) is 33.7 Å². The molecule has 4 heteroatoms. The fourth-order valence-electron chi connectivity index (χ4n) is 2.43. The number of thiazole rings is 1. The van der Waals surface area contributed by atoms with Crippen LogP contribution in [-0.2, 0) is 6.42 Å². The van der Waals surface area contributed by atoms with Gasteiger partial charge in [-0.25, -0.2) is 4.98 Å². The summed E-state index contributed by atoms with van der Waals surface area (Å²) in [6, 6.07) is 1.69. The average Bonchev–Trinajstić information content (AvgIpc) is 2.87. The Bertz CT molecular complexity index is 353. The molecule has 0 bridgehead atoms. The van der Waals surface area contributed by atoms with E-state index >= 15 is 0 Å². The Hall–Kier alpha value is -0.450. The number of hydrogen-bond acceptors (Lipinski definition) is 4. The van der Waals surface area contributed by atoms with Crippen LogP contribution < -0.4 is 5.32 Å². The number of aromatic nitrogens is 1. The topological polar surface area (TPSA) is 28.2 Å². The van der Waals surface area contributed by atoms with Crippen molar-refractivity contribution in [1.82, 2.24) is 15.2 Å². The molecule has 1 aromatic rings. The van der Waals surface area contributed by atoms with Crippen LogP contribution in [0.4, 0.5) is 0 Å². The van der Waals surface area contributed by atoms with Gasteiger partial charge < -0.3 is 10.2 Å². The molecule has 1 aliphatic heterocycles. The molecular weight excluding hydrogens is 230 g/mol. The first kappa shape index (κ1) is 13.0. The van der Waals surface area contributed by atoms with Crippen LogP contribution in [0.2, 0.25) is 0 Å². The van der Waals surface area contributed by atoms with E-state index in [9.17, 15) is 0 Å². The molecule has 1 aromatic heterocycles. The van der Waals surface area contributed by atoms with Crippen LogP contribution in [-0.4, -0.2) is 35.6 Å². The molecule has 3 atom stereocenters. The molecule has 1 saturated heterocycles. The molecule has 1 fully saturated rings. The van der Waals surface area contributed by atoms with Crippen molar-refractivity contribution >= 4 is 11.3 Å². The third kappa shape index (κ3) is 3.06. The SMILES string of the molecule is CCc1cnc(C(C)NC2CC(C)N(C)C2)s1. The predicted octanol–water partition coefficient (Wildman–Crippen LogP) is 2.45. The lowest BCUT2D eigenvalue weighted by Gasteiger charge is -2.17. The summed E-state index contributed by atoms with van der Waals surface area (Å²) in [5, 5.41) is 4.93. The minimum atomic E-state index is 0.379. The van der Waals surface area contributed by atoms with Gasteiger partial charge in [0.2, 0.25) is 0 Å². The Morgan fingerprint density at radius 1 is 1.65 bits per heavy atom. The van der Waals surface area contributed by atoms with Crippen molar-refractivity contribution in [1.29, 1.82) is 0 Å². The highest BCUT2D eigenvalue weighted by atomic mass is 32.1. The van der Waals surface area contributed by atoms with Crippen LogP contribution in [0.3, 0.4) is 0 Å². The molecule has 1 aliphatic rings. The first-order chi connectivity index (χ1) is 8.10. The van der Waals surface area contributed by atoms with Gasteiger partial charge in [-0.3, -0.25) is 0 Å². The van der Waals surface area contributed by atoms with E-state index in [1.165, 1.54) is 16.3 Å². The van der Waals surface area contributed by atoms with E-state index in [1.54, 1.807) is 0 Å². The van der Waals surface area contributed by atoms with Gasteiger partial charge in [0, 0.05) is 29.7 Å². The molecule has 0 saturated carbocycles.